The van der Waals surface area contributed by atoms with Crippen LogP contribution in [-0.2, 0) is 9.53 Å². The largest absolute Gasteiger partial charge is 0.373 e. The fraction of sp³-hybridized carbons (Fsp3) is 0.389. The summed E-state index contributed by atoms with van der Waals surface area (Å²) in [6.07, 6.45) is 3.04. The van der Waals surface area contributed by atoms with Crippen molar-refractivity contribution in [1.82, 2.24) is 9.97 Å². The van der Waals surface area contributed by atoms with E-state index in [-0.39, 0.29) is 30.0 Å². The minimum absolute atomic E-state index is 0.0383. The highest BCUT2D eigenvalue weighted by Crippen LogP contribution is 2.65. The Balaban J connectivity index is 1.44. The predicted molar refractivity (Wildman–Crippen MR) is 93.6 cm³/mol. The topological polar surface area (TPSA) is 64.1 Å². The molecule has 8 heteroatoms. The zero-order chi connectivity index (χ0) is 18.0. The quantitative estimate of drug-likeness (QED) is 0.807. The van der Waals surface area contributed by atoms with E-state index in [2.05, 4.69) is 15.3 Å². The predicted octanol–water partition coefficient (Wildman–Crippen LogP) is 3.68. The zero-order valence-electron chi connectivity index (χ0n) is 13.4. The third kappa shape index (κ3) is 2.51. The summed E-state index contributed by atoms with van der Waals surface area (Å²) in [6, 6.07) is 4.96. The van der Waals surface area contributed by atoms with Crippen LogP contribution in [0.2, 0.25) is 10.0 Å². The molecule has 0 spiro atoms. The van der Waals surface area contributed by atoms with Crippen LogP contribution in [-0.4, -0.2) is 28.1 Å². The maximum absolute atomic E-state index is 13.1. The molecule has 1 aliphatic carbocycles. The van der Waals surface area contributed by atoms with Gasteiger partial charge in [-0.05, 0) is 42.0 Å². The number of hydrogen-bond acceptors (Lipinski definition) is 4. The smallest absolute Gasteiger partial charge is 0.308 e. The molecule has 3 aliphatic rings. The number of anilines is 1. The molecule has 2 saturated heterocycles. The number of benzene rings is 1. The lowest BCUT2D eigenvalue weighted by molar-refractivity contribution is -0.122. The van der Waals surface area contributed by atoms with Gasteiger partial charge in [-0.3, -0.25) is 4.79 Å². The number of aromatic nitrogens is 2. The van der Waals surface area contributed by atoms with Gasteiger partial charge in [0.15, 0.2) is 0 Å². The monoisotopic (exact) mass is 393 g/mol. The SMILES string of the molecule is O=C(Nc1ccc(Cl)c(Cl)c1)[C@@H]1[C@@H]2O[C@@H]([C@H]3C[C@H]32)[C@@H]1c1cnc(F)nc1. The normalized spacial score (nSPS) is 33.8. The van der Waals surface area contributed by atoms with Crippen LogP contribution >= 0.6 is 23.2 Å². The zero-order valence-corrected chi connectivity index (χ0v) is 14.9. The molecule has 1 aromatic carbocycles. The molecular weight excluding hydrogens is 380 g/mol. The molecule has 26 heavy (non-hydrogen) atoms. The van der Waals surface area contributed by atoms with Gasteiger partial charge >= 0.3 is 6.08 Å². The Kier molecular flexibility index (Phi) is 3.71. The van der Waals surface area contributed by atoms with E-state index in [1.165, 1.54) is 12.4 Å². The van der Waals surface area contributed by atoms with Crippen molar-refractivity contribution in [1.29, 1.82) is 0 Å². The van der Waals surface area contributed by atoms with Crippen LogP contribution in [0.15, 0.2) is 30.6 Å². The summed E-state index contributed by atoms with van der Waals surface area (Å²) in [4.78, 5) is 20.3. The van der Waals surface area contributed by atoms with Crippen molar-refractivity contribution < 1.29 is 13.9 Å². The number of nitrogens with zero attached hydrogens (tertiary/aromatic N) is 2. The van der Waals surface area contributed by atoms with E-state index in [1.54, 1.807) is 18.2 Å². The summed E-state index contributed by atoms with van der Waals surface area (Å²) in [5, 5.41) is 3.71. The number of amides is 1. The van der Waals surface area contributed by atoms with Gasteiger partial charge in [-0.2, -0.15) is 4.39 Å². The molecule has 2 bridgehead atoms. The van der Waals surface area contributed by atoms with Gasteiger partial charge in [-0.25, -0.2) is 9.97 Å². The molecule has 5 rings (SSSR count). The van der Waals surface area contributed by atoms with Crippen molar-refractivity contribution in [2.45, 2.75) is 24.5 Å². The van der Waals surface area contributed by atoms with E-state index in [4.69, 9.17) is 27.9 Å². The number of hydrogen-bond donors (Lipinski definition) is 1. The number of ether oxygens (including phenoxy) is 1. The van der Waals surface area contributed by atoms with Gasteiger partial charge in [0.25, 0.3) is 0 Å². The Morgan fingerprint density at radius 2 is 1.88 bits per heavy atom. The van der Waals surface area contributed by atoms with E-state index < -0.39 is 6.08 Å². The Labute approximate surface area is 158 Å². The van der Waals surface area contributed by atoms with E-state index in [0.717, 1.165) is 12.0 Å². The number of carbonyl (C=O) groups excluding carboxylic acids is 1. The van der Waals surface area contributed by atoms with Crippen LogP contribution in [0.5, 0.6) is 0 Å². The van der Waals surface area contributed by atoms with Crippen LogP contribution in [0.25, 0.3) is 0 Å². The van der Waals surface area contributed by atoms with Gasteiger partial charge < -0.3 is 10.1 Å². The van der Waals surface area contributed by atoms with Crippen molar-refractivity contribution in [2.75, 3.05) is 5.32 Å². The number of fused-ring (bicyclic) bond motifs is 5. The van der Waals surface area contributed by atoms with Crippen molar-refractivity contribution in [2.24, 2.45) is 17.8 Å². The van der Waals surface area contributed by atoms with Crippen molar-refractivity contribution >= 4 is 34.8 Å². The summed E-state index contributed by atoms with van der Waals surface area (Å²) in [6.45, 7) is 0. The summed E-state index contributed by atoms with van der Waals surface area (Å²) in [7, 11) is 0. The number of rotatable bonds is 3. The molecule has 2 aromatic rings. The molecule has 3 heterocycles. The van der Waals surface area contributed by atoms with Gasteiger partial charge in [-0.1, -0.05) is 23.2 Å². The minimum atomic E-state index is -0.779. The van der Waals surface area contributed by atoms with E-state index >= 15 is 0 Å². The van der Waals surface area contributed by atoms with Gasteiger partial charge in [0.05, 0.1) is 28.2 Å². The molecule has 1 aromatic heterocycles. The molecule has 1 amide bonds. The summed E-state index contributed by atoms with van der Waals surface area (Å²) < 4.78 is 19.2. The fourth-order valence-corrected chi connectivity index (χ4v) is 4.79. The van der Waals surface area contributed by atoms with Crippen LogP contribution in [0.4, 0.5) is 10.1 Å². The molecular formula is C18H14Cl2FN3O2. The Morgan fingerprint density at radius 1 is 1.15 bits per heavy atom. The van der Waals surface area contributed by atoms with Gasteiger partial charge in [-0.15, -0.1) is 0 Å². The lowest BCUT2D eigenvalue weighted by atomic mass is 9.75. The fourth-order valence-electron chi connectivity index (χ4n) is 4.49. The highest BCUT2D eigenvalue weighted by Gasteiger charge is 2.68. The Hall–Kier alpha value is -1.76. The standard InChI is InChI=1S/C18H14Cl2FN3O2/c19-11-2-1-8(3-12(11)20)24-17(25)14-13(7-5-22-18(21)23-6-7)15-9-4-10(9)16(14)26-15/h1-3,5-6,9-10,13-16H,4H2,(H,24,25)/t9-,10+,13+,14-,15-,16+/m0/s1. The maximum Gasteiger partial charge on any atom is 0.308 e. The first-order chi connectivity index (χ1) is 12.5. The van der Waals surface area contributed by atoms with Crippen LogP contribution < -0.4 is 5.32 Å². The van der Waals surface area contributed by atoms with E-state index in [0.29, 0.717) is 27.6 Å². The Bertz CT molecular complexity index is 895. The first kappa shape index (κ1) is 16.4. The molecule has 3 fully saturated rings. The van der Waals surface area contributed by atoms with Crippen LogP contribution in [0.1, 0.15) is 17.9 Å². The number of halogens is 3. The highest BCUT2D eigenvalue weighted by atomic mass is 35.5. The molecule has 0 unspecified atom stereocenters. The highest BCUT2D eigenvalue weighted by molar-refractivity contribution is 6.42. The number of carbonyl (C=O) groups is 1. The molecule has 1 N–H and O–H groups in total. The van der Waals surface area contributed by atoms with Crippen molar-refractivity contribution in [3.8, 4) is 0 Å². The lowest BCUT2D eigenvalue weighted by Crippen LogP contribution is -2.37. The molecule has 134 valence electrons. The first-order valence-corrected chi connectivity index (χ1v) is 9.17. The van der Waals surface area contributed by atoms with E-state index in [1.807, 2.05) is 0 Å². The minimum Gasteiger partial charge on any atom is -0.373 e. The van der Waals surface area contributed by atoms with Crippen LogP contribution in [0.3, 0.4) is 0 Å². The third-order valence-electron chi connectivity index (χ3n) is 5.66. The third-order valence-corrected chi connectivity index (χ3v) is 6.40. The summed E-state index contributed by atoms with van der Waals surface area (Å²) >= 11 is 12.0. The van der Waals surface area contributed by atoms with Crippen molar-refractivity contribution in [3.63, 3.8) is 0 Å². The second-order valence-electron chi connectivity index (χ2n) is 7.08. The van der Waals surface area contributed by atoms with Gasteiger partial charge in [0.2, 0.25) is 5.91 Å². The van der Waals surface area contributed by atoms with Gasteiger partial charge in [0, 0.05) is 24.0 Å². The van der Waals surface area contributed by atoms with Crippen molar-refractivity contribution in [3.05, 3.63) is 52.3 Å². The summed E-state index contributed by atoms with van der Waals surface area (Å²) in [5.41, 5.74) is 1.31. The first-order valence-electron chi connectivity index (χ1n) is 8.42. The second-order valence-corrected chi connectivity index (χ2v) is 7.90. The maximum atomic E-state index is 13.1. The van der Waals surface area contributed by atoms with Crippen LogP contribution in [0, 0.1) is 23.8 Å². The van der Waals surface area contributed by atoms with Gasteiger partial charge in [0.1, 0.15) is 0 Å². The molecule has 2 aliphatic heterocycles. The molecule has 6 atom stereocenters. The molecule has 5 nitrogen and oxygen atoms in total. The molecule has 0 radical (unpaired) electrons. The average Bonchev–Trinajstić information content (AvgIpc) is 3.24. The molecule has 1 saturated carbocycles. The number of nitrogens with one attached hydrogen (secondary N) is 1. The lowest BCUT2D eigenvalue weighted by Gasteiger charge is -2.26. The Morgan fingerprint density at radius 3 is 2.62 bits per heavy atom. The van der Waals surface area contributed by atoms with E-state index in [9.17, 15) is 9.18 Å². The summed E-state index contributed by atoms with van der Waals surface area (Å²) in [5.74, 6) is 0.223. The average molecular weight is 394 g/mol. The second kappa shape index (κ2) is 5.87.